The third-order valence-electron chi connectivity index (χ3n) is 2.68. The summed E-state index contributed by atoms with van der Waals surface area (Å²) in [5, 5.41) is 18.5. The molecule has 4 nitrogen and oxygen atoms in total. The van der Waals surface area contributed by atoms with Gasteiger partial charge in [0.1, 0.15) is 0 Å². The van der Waals surface area contributed by atoms with Crippen LogP contribution in [-0.4, -0.2) is 51.7 Å². The summed E-state index contributed by atoms with van der Waals surface area (Å²) in [5.74, 6) is -2.15. The van der Waals surface area contributed by atoms with Gasteiger partial charge in [-0.1, -0.05) is 30.3 Å². The summed E-state index contributed by atoms with van der Waals surface area (Å²) < 4.78 is 0.572. The van der Waals surface area contributed by atoms with Gasteiger partial charge in [-0.15, -0.1) is 0 Å². The number of carboxylic acid groups (broad SMARTS) is 2. The molecule has 2 rings (SSSR count). The van der Waals surface area contributed by atoms with Crippen molar-refractivity contribution < 1.29 is 19.8 Å². The van der Waals surface area contributed by atoms with E-state index in [4.69, 9.17) is 0 Å². The molecule has 0 saturated carbocycles. The molecule has 0 aliphatic rings. The minimum atomic E-state index is -1.08. The van der Waals surface area contributed by atoms with E-state index in [1.807, 2.05) is 22.6 Å². The second-order valence-electron chi connectivity index (χ2n) is 3.82. The van der Waals surface area contributed by atoms with E-state index in [9.17, 15) is 19.8 Å². The van der Waals surface area contributed by atoms with Crippen molar-refractivity contribution >= 4 is 64.1 Å². The second-order valence-corrected chi connectivity index (χ2v) is 4.98. The Morgan fingerprint density at radius 1 is 0.850 bits per heavy atom. The average Bonchev–Trinajstić information content (AvgIpc) is 2.37. The summed E-state index contributed by atoms with van der Waals surface area (Å²) >= 11 is 1.93. The molecule has 0 bridgehead atoms. The summed E-state index contributed by atoms with van der Waals surface area (Å²) in [5.41, 5.74) is 1.03. The fraction of sp³-hybridized carbons (Fsp3) is 0. The molecule has 0 amide bonds. The molecule has 0 saturated heterocycles. The summed E-state index contributed by atoms with van der Waals surface area (Å²) in [6, 6.07) is 11.4. The molecule has 0 aliphatic heterocycles. The van der Waals surface area contributed by atoms with Gasteiger partial charge in [0.15, 0.2) is 0 Å². The van der Waals surface area contributed by atoms with Gasteiger partial charge in [0.05, 0.1) is 11.1 Å². The third-order valence-corrected chi connectivity index (χ3v) is 3.57. The number of halogens is 1. The Morgan fingerprint density at radius 2 is 1.45 bits per heavy atom. The molecule has 20 heavy (non-hydrogen) atoms. The van der Waals surface area contributed by atoms with Crippen LogP contribution >= 0.6 is 22.6 Å². The van der Waals surface area contributed by atoms with Crippen molar-refractivity contribution in [3.8, 4) is 11.1 Å². The predicted molar refractivity (Wildman–Crippen MR) is 85.7 cm³/mol. The van der Waals surface area contributed by atoms with E-state index >= 15 is 0 Å². The normalized spacial score (nSPS) is 9.65. The number of aromatic carboxylic acids is 2. The van der Waals surface area contributed by atoms with Crippen LogP contribution in [0.2, 0.25) is 0 Å². The van der Waals surface area contributed by atoms with Crippen LogP contribution in [0.5, 0.6) is 0 Å². The van der Waals surface area contributed by atoms with Crippen LogP contribution in [0.3, 0.4) is 0 Å². The quantitative estimate of drug-likeness (QED) is 0.623. The molecule has 0 spiro atoms. The Labute approximate surface area is 151 Å². The fourth-order valence-corrected chi connectivity index (χ4v) is 2.60. The van der Waals surface area contributed by atoms with Gasteiger partial charge in [0, 0.05) is 3.57 Å². The van der Waals surface area contributed by atoms with Crippen molar-refractivity contribution in [3.63, 3.8) is 0 Å². The molecule has 0 fully saturated rings. The summed E-state index contributed by atoms with van der Waals surface area (Å²) in [4.78, 5) is 22.6. The van der Waals surface area contributed by atoms with Gasteiger partial charge < -0.3 is 10.2 Å². The SMILES string of the molecule is O=C(O)c1ccccc1-c1cccc(I)c1C(=O)O.[NaH]. The molecule has 2 N–H and O–H groups in total. The molecule has 98 valence electrons. The van der Waals surface area contributed by atoms with E-state index in [1.54, 1.807) is 36.4 Å². The Kier molecular flexibility index (Phi) is 6.19. The van der Waals surface area contributed by atoms with Crippen molar-refractivity contribution in [1.29, 1.82) is 0 Å². The van der Waals surface area contributed by atoms with Crippen LogP contribution in [0, 0.1) is 3.57 Å². The van der Waals surface area contributed by atoms with Crippen LogP contribution in [-0.2, 0) is 0 Å². The van der Waals surface area contributed by atoms with Crippen molar-refractivity contribution in [2.24, 2.45) is 0 Å². The van der Waals surface area contributed by atoms with Crippen LogP contribution in [0.15, 0.2) is 42.5 Å². The van der Waals surface area contributed by atoms with Gasteiger partial charge in [-0.25, -0.2) is 9.59 Å². The van der Waals surface area contributed by atoms with Gasteiger partial charge in [-0.3, -0.25) is 0 Å². The Balaban J connectivity index is 0.00000200. The minimum absolute atomic E-state index is 0. The van der Waals surface area contributed by atoms with Crippen LogP contribution in [0.25, 0.3) is 11.1 Å². The Morgan fingerprint density at radius 3 is 2.05 bits per heavy atom. The van der Waals surface area contributed by atoms with E-state index in [1.165, 1.54) is 6.07 Å². The number of rotatable bonds is 3. The topological polar surface area (TPSA) is 74.6 Å². The van der Waals surface area contributed by atoms with Crippen molar-refractivity contribution in [2.75, 3.05) is 0 Å². The zero-order valence-corrected chi connectivity index (χ0v) is 11.8. The first-order valence-corrected chi connectivity index (χ1v) is 6.44. The molecule has 0 heterocycles. The maximum atomic E-state index is 11.3. The number of carbonyl (C=O) groups is 2. The molecular weight excluding hydrogens is 382 g/mol. The van der Waals surface area contributed by atoms with Crippen LogP contribution in [0.1, 0.15) is 20.7 Å². The second kappa shape index (κ2) is 7.21. The first kappa shape index (κ1) is 17.2. The van der Waals surface area contributed by atoms with Crippen molar-refractivity contribution in [3.05, 3.63) is 57.2 Å². The number of hydrogen-bond donors (Lipinski definition) is 2. The number of benzene rings is 2. The van der Waals surface area contributed by atoms with Gasteiger partial charge in [-0.2, -0.15) is 0 Å². The van der Waals surface area contributed by atoms with E-state index in [-0.39, 0.29) is 40.7 Å². The van der Waals surface area contributed by atoms with Crippen molar-refractivity contribution in [1.82, 2.24) is 0 Å². The Bertz CT molecular complexity index is 670. The van der Waals surface area contributed by atoms with E-state index in [0.29, 0.717) is 14.7 Å². The molecule has 0 radical (unpaired) electrons. The third kappa shape index (κ3) is 3.41. The summed E-state index contributed by atoms with van der Waals surface area (Å²) in [6.45, 7) is 0. The van der Waals surface area contributed by atoms with Crippen LogP contribution in [0.4, 0.5) is 0 Å². The molecule has 0 aromatic heterocycles. The number of hydrogen-bond acceptors (Lipinski definition) is 2. The first-order valence-electron chi connectivity index (χ1n) is 5.37. The molecule has 6 heteroatoms. The zero-order chi connectivity index (χ0) is 14.0. The standard InChI is InChI=1S/C14H9IO4.Na.H/c15-11-7-3-6-9(12(11)14(18)19)8-4-1-2-5-10(8)13(16)17;;/h1-7H,(H,16,17)(H,18,19);;. The van der Waals surface area contributed by atoms with Crippen LogP contribution < -0.4 is 0 Å². The van der Waals surface area contributed by atoms with Gasteiger partial charge in [0.2, 0.25) is 0 Å². The molecule has 0 unspecified atom stereocenters. The summed E-state index contributed by atoms with van der Waals surface area (Å²) in [7, 11) is 0. The predicted octanol–water partition coefficient (Wildman–Crippen LogP) is 2.71. The first-order chi connectivity index (χ1) is 9.02. The van der Waals surface area contributed by atoms with Gasteiger partial charge in [0.25, 0.3) is 0 Å². The van der Waals surface area contributed by atoms with E-state index in [0.717, 1.165) is 0 Å². The molecule has 0 atom stereocenters. The zero-order valence-electron chi connectivity index (χ0n) is 9.63. The van der Waals surface area contributed by atoms with Gasteiger partial charge in [-0.05, 0) is 45.9 Å². The fourth-order valence-electron chi connectivity index (χ4n) is 1.87. The molecular formula is C14H10INaO4. The molecule has 2 aromatic rings. The van der Waals surface area contributed by atoms with E-state index in [2.05, 4.69) is 0 Å². The maximum absolute atomic E-state index is 11.3. The van der Waals surface area contributed by atoms with Crippen molar-refractivity contribution in [2.45, 2.75) is 0 Å². The van der Waals surface area contributed by atoms with Gasteiger partial charge >= 0.3 is 41.5 Å². The molecule has 2 aromatic carbocycles. The molecule has 0 aliphatic carbocycles. The summed E-state index contributed by atoms with van der Waals surface area (Å²) in [6.07, 6.45) is 0. The monoisotopic (exact) mass is 392 g/mol. The average molecular weight is 392 g/mol. The Hall–Kier alpha value is -0.890. The number of carboxylic acids is 2. The van der Waals surface area contributed by atoms with E-state index < -0.39 is 11.9 Å².